The average Bonchev–Trinajstić information content (AvgIpc) is 3.23. The molecule has 7 heteroatoms. The number of aryl methyl sites for hydroxylation is 1. The molecule has 3 heterocycles. The molecule has 7 nitrogen and oxygen atoms in total. The number of likely N-dealkylation sites (tertiary alicyclic amines) is 1. The minimum Gasteiger partial charge on any atom is -0.484 e. The van der Waals surface area contributed by atoms with E-state index in [-0.39, 0.29) is 18.4 Å². The van der Waals surface area contributed by atoms with E-state index < -0.39 is 5.54 Å². The lowest BCUT2D eigenvalue weighted by atomic mass is 9.78. The van der Waals surface area contributed by atoms with E-state index in [9.17, 15) is 9.59 Å². The van der Waals surface area contributed by atoms with Crippen molar-refractivity contribution in [3.63, 3.8) is 0 Å². The highest BCUT2D eigenvalue weighted by atomic mass is 16.5. The van der Waals surface area contributed by atoms with Crippen LogP contribution in [0.15, 0.2) is 30.6 Å². The quantitative estimate of drug-likeness (QED) is 0.861. The fourth-order valence-electron chi connectivity index (χ4n) is 4.61. The molecule has 154 valence electrons. The number of amides is 2. The maximum atomic E-state index is 12.7. The number of carbonyl (C=O) groups is 2. The van der Waals surface area contributed by atoms with E-state index in [0.717, 1.165) is 29.1 Å². The van der Waals surface area contributed by atoms with E-state index in [1.165, 1.54) is 0 Å². The molecule has 0 atom stereocenters. The summed E-state index contributed by atoms with van der Waals surface area (Å²) < 4.78 is 5.74. The third-order valence-corrected chi connectivity index (χ3v) is 6.25. The van der Waals surface area contributed by atoms with Crippen LogP contribution >= 0.6 is 0 Å². The van der Waals surface area contributed by atoms with Gasteiger partial charge in [0.05, 0.1) is 17.6 Å². The lowest BCUT2D eigenvalue weighted by Crippen LogP contribution is -2.59. The summed E-state index contributed by atoms with van der Waals surface area (Å²) in [5, 5.41) is 0. The Labute approximate surface area is 171 Å². The Hall–Kier alpha value is -2.83. The number of hydrogen-bond acceptors (Lipinski definition) is 4. The van der Waals surface area contributed by atoms with Crippen LogP contribution in [0, 0.1) is 6.92 Å². The number of aromatic amines is 1. The lowest BCUT2D eigenvalue weighted by molar-refractivity contribution is -0.144. The Balaban J connectivity index is 1.45. The largest absolute Gasteiger partial charge is 0.484 e. The molecule has 1 fully saturated rings. The molecule has 1 aromatic heterocycles. The number of fused-ring (bicyclic) bond motifs is 2. The van der Waals surface area contributed by atoms with Crippen LogP contribution in [0.1, 0.15) is 43.1 Å². The molecule has 1 aromatic carbocycles. The Morgan fingerprint density at radius 1 is 1.17 bits per heavy atom. The number of H-pyrrole nitrogens is 1. The first kappa shape index (κ1) is 19.5. The van der Waals surface area contributed by atoms with Crippen molar-refractivity contribution in [2.45, 2.75) is 45.1 Å². The van der Waals surface area contributed by atoms with Crippen LogP contribution in [0.5, 0.6) is 5.75 Å². The second kappa shape index (κ2) is 7.89. The number of rotatable bonds is 4. The van der Waals surface area contributed by atoms with Gasteiger partial charge in [0.25, 0.3) is 5.91 Å². The number of carbonyl (C=O) groups excluding carboxylic acids is 2. The van der Waals surface area contributed by atoms with Crippen LogP contribution in [-0.2, 0) is 21.5 Å². The van der Waals surface area contributed by atoms with E-state index in [1.54, 1.807) is 6.33 Å². The van der Waals surface area contributed by atoms with Crippen molar-refractivity contribution in [3.05, 3.63) is 47.5 Å². The smallest absolute Gasteiger partial charge is 0.260 e. The fraction of sp³-hybridized carbons (Fsp3) is 0.500. The van der Waals surface area contributed by atoms with Crippen molar-refractivity contribution in [3.8, 4) is 5.75 Å². The maximum Gasteiger partial charge on any atom is 0.260 e. The number of imidazole rings is 1. The molecule has 1 N–H and O–H groups in total. The molecule has 2 aliphatic rings. The van der Waals surface area contributed by atoms with Crippen molar-refractivity contribution >= 4 is 11.8 Å². The molecular weight excluding hydrogens is 368 g/mol. The van der Waals surface area contributed by atoms with E-state index in [1.807, 2.05) is 47.9 Å². The van der Waals surface area contributed by atoms with Crippen molar-refractivity contribution in [1.82, 2.24) is 19.8 Å². The van der Waals surface area contributed by atoms with E-state index >= 15 is 0 Å². The third-order valence-electron chi connectivity index (χ3n) is 6.25. The van der Waals surface area contributed by atoms with Gasteiger partial charge in [0.15, 0.2) is 6.61 Å². The van der Waals surface area contributed by atoms with Gasteiger partial charge >= 0.3 is 0 Å². The number of nitrogens with one attached hydrogen (secondary N) is 1. The molecule has 2 aromatic rings. The minimum atomic E-state index is -0.408. The summed E-state index contributed by atoms with van der Waals surface area (Å²) in [6.07, 6.45) is 4.41. The summed E-state index contributed by atoms with van der Waals surface area (Å²) in [5.74, 6) is 0.873. The van der Waals surface area contributed by atoms with Crippen LogP contribution in [-0.4, -0.2) is 57.8 Å². The average molecular weight is 396 g/mol. The van der Waals surface area contributed by atoms with E-state index in [0.29, 0.717) is 38.9 Å². The topological polar surface area (TPSA) is 78.5 Å². The summed E-state index contributed by atoms with van der Waals surface area (Å²) in [6.45, 7) is 5.78. The molecule has 2 amide bonds. The van der Waals surface area contributed by atoms with Crippen molar-refractivity contribution in [1.29, 1.82) is 0 Å². The van der Waals surface area contributed by atoms with Gasteiger partial charge in [0.1, 0.15) is 5.75 Å². The number of aromatic nitrogens is 2. The highest BCUT2D eigenvalue weighted by Crippen LogP contribution is 2.42. The number of nitrogens with zero attached hydrogens (tertiary/aromatic N) is 3. The zero-order valence-corrected chi connectivity index (χ0v) is 17.1. The second-order valence-electron chi connectivity index (χ2n) is 7.85. The van der Waals surface area contributed by atoms with Gasteiger partial charge in [-0.2, -0.15) is 0 Å². The molecule has 0 saturated carbocycles. The molecule has 0 unspecified atom stereocenters. The van der Waals surface area contributed by atoms with E-state index in [2.05, 4.69) is 9.97 Å². The molecule has 2 aliphatic heterocycles. The van der Waals surface area contributed by atoms with Crippen molar-refractivity contribution in [2.24, 2.45) is 0 Å². The lowest BCUT2D eigenvalue weighted by Gasteiger charge is -2.50. The summed E-state index contributed by atoms with van der Waals surface area (Å²) >= 11 is 0. The predicted octanol–water partition coefficient (Wildman–Crippen LogP) is 2.41. The van der Waals surface area contributed by atoms with E-state index in [4.69, 9.17) is 4.74 Å². The zero-order chi connectivity index (χ0) is 20.4. The highest BCUT2D eigenvalue weighted by molar-refractivity contribution is 5.79. The summed E-state index contributed by atoms with van der Waals surface area (Å²) in [5.41, 5.74) is 2.70. The molecule has 1 spiro atoms. The normalized spacial score (nSPS) is 17.9. The molecule has 0 bridgehead atoms. The highest BCUT2D eigenvalue weighted by Gasteiger charge is 2.48. The van der Waals surface area contributed by atoms with Crippen LogP contribution in [0.3, 0.4) is 0 Å². The molecule has 1 saturated heterocycles. The van der Waals surface area contributed by atoms with Crippen molar-refractivity contribution in [2.75, 3.05) is 26.2 Å². The van der Waals surface area contributed by atoms with Gasteiger partial charge in [-0.15, -0.1) is 0 Å². The number of ether oxygens (including phenoxy) is 1. The Kier molecular flexibility index (Phi) is 5.30. The first-order valence-electron chi connectivity index (χ1n) is 10.3. The number of benzene rings is 1. The fourth-order valence-corrected chi connectivity index (χ4v) is 4.61. The van der Waals surface area contributed by atoms with Crippen LogP contribution < -0.4 is 4.74 Å². The molecule has 0 aliphatic carbocycles. The van der Waals surface area contributed by atoms with Gasteiger partial charge in [-0.05, 0) is 31.4 Å². The monoisotopic (exact) mass is 396 g/mol. The number of piperidine rings is 1. The molecule has 4 rings (SSSR count). The van der Waals surface area contributed by atoms with Crippen LogP contribution in [0.25, 0.3) is 0 Å². The SMILES string of the molecule is CCC(=O)N1CCc2[nH]cnc2C12CCN(C(=O)COc1ccccc1C)CC2. The minimum absolute atomic E-state index is 0.0190. The van der Waals surface area contributed by atoms with Gasteiger partial charge < -0.3 is 19.5 Å². The van der Waals surface area contributed by atoms with Crippen LogP contribution in [0.2, 0.25) is 0 Å². The summed E-state index contributed by atoms with van der Waals surface area (Å²) in [4.78, 5) is 37.0. The van der Waals surface area contributed by atoms with Gasteiger partial charge in [-0.3, -0.25) is 9.59 Å². The first-order chi connectivity index (χ1) is 14.0. The summed E-state index contributed by atoms with van der Waals surface area (Å²) in [7, 11) is 0. The standard InChI is InChI=1S/C22H28N4O3/c1-3-19(27)26-11-8-17-21(24-15-23-17)22(26)9-12-25(13-10-22)20(28)14-29-18-7-5-4-6-16(18)2/h4-7,15H,3,8-14H2,1-2H3,(H,23,24). The van der Waals surface area contributed by atoms with Crippen LogP contribution in [0.4, 0.5) is 0 Å². The molecule has 29 heavy (non-hydrogen) atoms. The van der Waals surface area contributed by atoms with Gasteiger partial charge in [-0.25, -0.2) is 4.98 Å². The van der Waals surface area contributed by atoms with Gasteiger partial charge in [0.2, 0.25) is 5.91 Å². The zero-order valence-electron chi connectivity index (χ0n) is 17.1. The van der Waals surface area contributed by atoms with Gasteiger partial charge in [0, 0.05) is 38.2 Å². The number of hydrogen-bond donors (Lipinski definition) is 1. The molecule has 0 radical (unpaired) electrons. The predicted molar refractivity (Wildman–Crippen MR) is 108 cm³/mol. The Morgan fingerprint density at radius 2 is 1.93 bits per heavy atom. The Bertz CT molecular complexity index is 899. The second-order valence-corrected chi connectivity index (χ2v) is 7.85. The number of para-hydroxylation sites is 1. The maximum absolute atomic E-state index is 12.7. The van der Waals surface area contributed by atoms with Gasteiger partial charge in [-0.1, -0.05) is 25.1 Å². The Morgan fingerprint density at radius 3 is 2.66 bits per heavy atom. The molecular formula is C22H28N4O3. The third kappa shape index (κ3) is 3.50. The summed E-state index contributed by atoms with van der Waals surface area (Å²) in [6, 6.07) is 7.70. The first-order valence-corrected chi connectivity index (χ1v) is 10.3. The van der Waals surface area contributed by atoms with Crippen molar-refractivity contribution < 1.29 is 14.3 Å².